The normalized spacial score (nSPS) is 10.8. The Labute approximate surface area is 107 Å². The van der Waals surface area contributed by atoms with Crippen molar-refractivity contribution >= 4 is 11.6 Å². The number of benzene rings is 1. The van der Waals surface area contributed by atoms with Crippen LogP contribution in [0.4, 0.5) is 4.39 Å². The van der Waals surface area contributed by atoms with Gasteiger partial charge in [-0.15, -0.1) is 0 Å². The highest BCUT2D eigenvalue weighted by Gasteiger charge is 2.04. The lowest BCUT2D eigenvalue weighted by Crippen LogP contribution is -2.20. The fraction of sp³-hybridized carbons (Fsp3) is 0.538. The molecule has 1 N–H and O–H groups in total. The van der Waals surface area contributed by atoms with Crippen LogP contribution in [0.25, 0.3) is 0 Å². The predicted molar refractivity (Wildman–Crippen MR) is 68.8 cm³/mol. The van der Waals surface area contributed by atoms with E-state index in [1.807, 2.05) is 0 Å². The molecule has 1 rings (SSSR count). The average molecular weight is 260 g/mol. The van der Waals surface area contributed by atoms with Crippen molar-refractivity contribution < 1.29 is 9.13 Å². The Balaban J connectivity index is 2.16. The van der Waals surface area contributed by atoms with Gasteiger partial charge in [-0.05, 0) is 12.5 Å². The molecule has 0 spiro atoms. The van der Waals surface area contributed by atoms with Crippen LogP contribution >= 0.6 is 11.6 Å². The van der Waals surface area contributed by atoms with Gasteiger partial charge >= 0.3 is 0 Å². The van der Waals surface area contributed by atoms with Crippen molar-refractivity contribution in [1.82, 2.24) is 5.32 Å². The van der Waals surface area contributed by atoms with Crippen LogP contribution in [0.5, 0.6) is 0 Å². The maximum atomic E-state index is 13.5. The van der Waals surface area contributed by atoms with Crippen LogP contribution < -0.4 is 5.32 Å². The first kappa shape index (κ1) is 14.4. The molecule has 0 aliphatic heterocycles. The van der Waals surface area contributed by atoms with Gasteiger partial charge in [0.05, 0.1) is 11.6 Å². The molecule has 0 amide bonds. The Morgan fingerprint density at radius 2 is 2.18 bits per heavy atom. The maximum absolute atomic E-state index is 13.5. The first-order valence-corrected chi connectivity index (χ1v) is 6.35. The van der Waals surface area contributed by atoms with Gasteiger partial charge in [-0.3, -0.25) is 0 Å². The van der Waals surface area contributed by atoms with Gasteiger partial charge in [0.1, 0.15) is 5.82 Å². The van der Waals surface area contributed by atoms with Gasteiger partial charge in [-0.2, -0.15) is 0 Å². The van der Waals surface area contributed by atoms with E-state index in [1.54, 1.807) is 18.2 Å². The minimum Gasteiger partial charge on any atom is -0.380 e. The van der Waals surface area contributed by atoms with Crippen LogP contribution in [-0.4, -0.2) is 19.8 Å². The Kier molecular flexibility index (Phi) is 7.17. The number of hydrogen-bond acceptors (Lipinski definition) is 2. The van der Waals surface area contributed by atoms with Crippen molar-refractivity contribution in [3.05, 3.63) is 34.6 Å². The highest BCUT2D eigenvalue weighted by atomic mass is 35.5. The SMILES string of the molecule is CCCCOCCNCc1cccc(Cl)c1F. The molecule has 0 aromatic heterocycles. The van der Waals surface area contributed by atoms with Crippen LogP contribution in [0.2, 0.25) is 5.02 Å². The number of hydrogen-bond donors (Lipinski definition) is 1. The van der Waals surface area contributed by atoms with E-state index < -0.39 is 0 Å². The van der Waals surface area contributed by atoms with Gasteiger partial charge in [-0.25, -0.2) is 4.39 Å². The molecule has 2 nitrogen and oxygen atoms in total. The highest BCUT2D eigenvalue weighted by molar-refractivity contribution is 6.30. The summed E-state index contributed by atoms with van der Waals surface area (Å²) in [5.74, 6) is -0.339. The molecule has 0 aliphatic rings. The van der Waals surface area contributed by atoms with E-state index in [9.17, 15) is 4.39 Å². The first-order chi connectivity index (χ1) is 8.25. The second kappa shape index (κ2) is 8.45. The summed E-state index contributed by atoms with van der Waals surface area (Å²) in [6, 6.07) is 5.03. The standard InChI is InChI=1S/C13H19ClFNO/c1-2-3-8-17-9-7-16-10-11-5-4-6-12(14)13(11)15/h4-6,16H,2-3,7-10H2,1H3. The van der Waals surface area contributed by atoms with Crippen LogP contribution in [0.1, 0.15) is 25.3 Å². The monoisotopic (exact) mass is 259 g/mol. The number of nitrogens with one attached hydrogen (secondary N) is 1. The molecule has 0 radical (unpaired) electrons. The van der Waals surface area contributed by atoms with Crippen LogP contribution in [0.3, 0.4) is 0 Å². The molecular formula is C13H19ClFNO. The summed E-state index contributed by atoms with van der Waals surface area (Å²) in [5.41, 5.74) is 0.589. The molecule has 0 aliphatic carbocycles. The van der Waals surface area contributed by atoms with Gasteiger partial charge < -0.3 is 10.1 Å². The molecule has 1 aromatic carbocycles. The van der Waals surface area contributed by atoms with Crippen molar-refractivity contribution in [3.63, 3.8) is 0 Å². The van der Waals surface area contributed by atoms with Crippen molar-refractivity contribution in [2.24, 2.45) is 0 Å². The van der Waals surface area contributed by atoms with E-state index in [-0.39, 0.29) is 10.8 Å². The van der Waals surface area contributed by atoms with E-state index in [1.165, 1.54) is 0 Å². The summed E-state index contributed by atoms with van der Waals surface area (Å²) in [5, 5.41) is 3.29. The topological polar surface area (TPSA) is 21.3 Å². The lowest BCUT2D eigenvalue weighted by Gasteiger charge is -2.07. The molecule has 0 unspecified atom stereocenters. The van der Waals surface area contributed by atoms with Gasteiger partial charge in [0.2, 0.25) is 0 Å². The molecule has 0 atom stereocenters. The third-order valence-electron chi connectivity index (χ3n) is 2.41. The van der Waals surface area contributed by atoms with Gasteiger partial charge in [0.15, 0.2) is 0 Å². The van der Waals surface area contributed by atoms with Gasteiger partial charge in [0, 0.05) is 25.3 Å². The Bertz CT molecular complexity index is 333. The molecule has 0 saturated heterocycles. The third kappa shape index (κ3) is 5.48. The van der Waals surface area contributed by atoms with Crippen molar-refractivity contribution in [2.75, 3.05) is 19.8 Å². The Hall–Kier alpha value is -0.640. The fourth-order valence-electron chi connectivity index (χ4n) is 1.40. The van der Waals surface area contributed by atoms with Gasteiger partial charge in [-0.1, -0.05) is 37.1 Å². The predicted octanol–water partition coefficient (Wildman–Crippen LogP) is 3.39. The number of unbranched alkanes of at least 4 members (excludes halogenated alkanes) is 1. The Morgan fingerprint density at radius 1 is 1.35 bits per heavy atom. The van der Waals surface area contributed by atoms with E-state index in [0.717, 1.165) is 26.0 Å². The smallest absolute Gasteiger partial charge is 0.146 e. The van der Waals surface area contributed by atoms with Crippen molar-refractivity contribution in [1.29, 1.82) is 0 Å². The number of halogens is 2. The second-order valence-electron chi connectivity index (χ2n) is 3.86. The van der Waals surface area contributed by atoms with Crippen molar-refractivity contribution in [2.45, 2.75) is 26.3 Å². The minimum absolute atomic E-state index is 0.170. The van der Waals surface area contributed by atoms with Crippen LogP contribution in [0, 0.1) is 5.82 Å². The first-order valence-electron chi connectivity index (χ1n) is 5.97. The van der Waals surface area contributed by atoms with E-state index in [2.05, 4.69) is 12.2 Å². The summed E-state index contributed by atoms with van der Waals surface area (Å²) < 4.78 is 18.9. The zero-order valence-corrected chi connectivity index (χ0v) is 10.9. The molecular weight excluding hydrogens is 241 g/mol. The molecule has 0 heterocycles. The quantitative estimate of drug-likeness (QED) is 0.723. The number of ether oxygens (including phenoxy) is 1. The van der Waals surface area contributed by atoms with E-state index in [0.29, 0.717) is 18.7 Å². The second-order valence-corrected chi connectivity index (χ2v) is 4.26. The summed E-state index contributed by atoms with van der Waals surface area (Å²) >= 11 is 5.68. The van der Waals surface area contributed by atoms with Crippen molar-refractivity contribution in [3.8, 4) is 0 Å². The molecule has 0 saturated carbocycles. The van der Waals surface area contributed by atoms with Crippen LogP contribution in [-0.2, 0) is 11.3 Å². The zero-order valence-electron chi connectivity index (χ0n) is 10.1. The summed E-state index contributed by atoms with van der Waals surface area (Å²) in [7, 11) is 0. The molecule has 1 aromatic rings. The molecule has 0 bridgehead atoms. The van der Waals surface area contributed by atoms with Crippen LogP contribution in [0.15, 0.2) is 18.2 Å². The molecule has 96 valence electrons. The minimum atomic E-state index is -0.339. The Morgan fingerprint density at radius 3 is 2.94 bits per heavy atom. The fourth-order valence-corrected chi connectivity index (χ4v) is 1.59. The molecule has 0 fully saturated rings. The van der Waals surface area contributed by atoms with Gasteiger partial charge in [0.25, 0.3) is 0 Å². The maximum Gasteiger partial charge on any atom is 0.146 e. The average Bonchev–Trinajstić information content (AvgIpc) is 2.33. The zero-order chi connectivity index (χ0) is 12.5. The summed E-state index contributed by atoms with van der Waals surface area (Å²) in [6.45, 7) is 4.77. The highest BCUT2D eigenvalue weighted by Crippen LogP contribution is 2.17. The van der Waals surface area contributed by atoms with E-state index in [4.69, 9.17) is 16.3 Å². The molecule has 17 heavy (non-hydrogen) atoms. The lowest BCUT2D eigenvalue weighted by molar-refractivity contribution is 0.133. The number of rotatable bonds is 8. The molecule has 4 heteroatoms. The summed E-state index contributed by atoms with van der Waals surface area (Å²) in [6.07, 6.45) is 2.23. The van der Waals surface area contributed by atoms with E-state index >= 15 is 0 Å². The summed E-state index contributed by atoms with van der Waals surface area (Å²) in [4.78, 5) is 0. The largest absolute Gasteiger partial charge is 0.380 e. The third-order valence-corrected chi connectivity index (χ3v) is 2.70. The lowest BCUT2D eigenvalue weighted by atomic mass is 10.2.